The summed E-state index contributed by atoms with van der Waals surface area (Å²) in [6, 6.07) is 5.06. The zero-order valence-corrected chi connectivity index (χ0v) is 19.4. The second-order valence-corrected chi connectivity index (χ2v) is 11.9. The largest absolute Gasteiger partial charge is 0.353 e. The number of anilines is 1. The van der Waals surface area contributed by atoms with E-state index in [1.165, 1.54) is 57.2 Å². The summed E-state index contributed by atoms with van der Waals surface area (Å²) >= 11 is 1.83. The Balaban J connectivity index is 1.31. The average molecular weight is 473 g/mol. The number of halogens is 1. The minimum Gasteiger partial charge on any atom is -0.353 e. The van der Waals surface area contributed by atoms with Gasteiger partial charge in [-0.15, -0.1) is 11.3 Å². The first-order valence-electron chi connectivity index (χ1n) is 11.3. The fraction of sp³-hybridized carbons (Fsp3) is 0.478. The molecule has 168 valence electrons. The fourth-order valence-electron chi connectivity index (χ4n) is 4.80. The number of benzene rings is 1. The van der Waals surface area contributed by atoms with E-state index in [0.29, 0.717) is 32.1 Å². The van der Waals surface area contributed by atoms with Gasteiger partial charge in [0.2, 0.25) is 10.0 Å². The molecule has 2 aromatic heterocycles. The predicted molar refractivity (Wildman–Crippen MR) is 123 cm³/mol. The van der Waals surface area contributed by atoms with Crippen LogP contribution >= 0.6 is 11.3 Å². The van der Waals surface area contributed by atoms with E-state index >= 15 is 0 Å². The van der Waals surface area contributed by atoms with Gasteiger partial charge in [-0.25, -0.2) is 22.8 Å². The molecule has 6 rings (SSSR count). The Morgan fingerprint density at radius 2 is 1.69 bits per heavy atom. The summed E-state index contributed by atoms with van der Waals surface area (Å²) in [6.07, 6.45) is 6.94. The number of nitrogens with zero attached hydrogens (tertiary/aromatic N) is 4. The zero-order chi connectivity index (χ0) is 21.9. The van der Waals surface area contributed by atoms with Gasteiger partial charge in [-0.2, -0.15) is 4.31 Å². The van der Waals surface area contributed by atoms with Crippen LogP contribution in [0.2, 0.25) is 0 Å². The van der Waals surface area contributed by atoms with Crippen molar-refractivity contribution in [3.63, 3.8) is 0 Å². The van der Waals surface area contributed by atoms with Gasteiger partial charge in [0.25, 0.3) is 0 Å². The highest BCUT2D eigenvalue weighted by Gasteiger charge is 2.33. The van der Waals surface area contributed by atoms with Crippen molar-refractivity contribution in [1.82, 2.24) is 14.3 Å². The van der Waals surface area contributed by atoms with Gasteiger partial charge in [-0.05, 0) is 68.4 Å². The van der Waals surface area contributed by atoms with Crippen molar-refractivity contribution < 1.29 is 12.8 Å². The Morgan fingerprint density at radius 1 is 0.969 bits per heavy atom. The number of piperazine rings is 1. The molecule has 2 aliphatic carbocycles. The first-order valence-corrected chi connectivity index (χ1v) is 13.6. The maximum Gasteiger partial charge on any atom is 0.243 e. The lowest BCUT2D eigenvalue weighted by Crippen LogP contribution is -2.49. The normalized spacial score (nSPS) is 20.0. The zero-order valence-electron chi connectivity index (χ0n) is 17.8. The third kappa shape index (κ3) is 3.50. The van der Waals surface area contributed by atoms with E-state index < -0.39 is 15.8 Å². The Morgan fingerprint density at radius 3 is 2.41 bits per heavy atom. The number of hydrogen-bond donors (Lipinski definition) is 0. The summed E-state index contributed by atoms with van der Waals surface area (Å²) < 4.78 is 40.8. The topological polar surface area (TPSA) is 66.4 Å². The third-order valence-corrected chi connectivity index (χ3v) is 9.84. The Kier molecular flexibility index (Phi) is 4.96. The molecule has 1 aromatic carbocycles. The van der Waals surface area contributed by atoms with Crippen LogP contribution in [0.3, 0.4) is 0 Å². The van der Waals surface area contributed by atoms with Crippen molar-refractivity contribution in [2.24, 2.45) is 0 Å². The first kappa shape index (κ1) is 20.5. The highest BCUT2D eigenvalue weighted by molar-refractivity contribution is 7.89. The summed E-state index contributed by atoms with van der Waals surface area (Å²) in [7, 11) is -3.63. The molecule has 3 aromatic rings. The summed E-state index contributed by atoms with van der Waals surface area (Å²) in [5, 5.41) is 1.20. The van der Waals surface area contributed by atoms with Gasteiger partial charge >= 0.3 is 0 Å². The standard InChI is InChI=1S/C23H25FN4O2S2/c24-16-7-9-17(10-8-16)32(29,30)28-13-11-27(12-14-28)22-20-18-3-1-2-4-19(18)31-23(20)26-21(25-22)15-5-6-15/h7-10,15H,1-6,11-14H2. The summed E-state index contributed by atoms with van der Waals surface area (Å²) in [5.41, 5.74) is 1.41. The van der Waals surface area contributed by atoms with E-state index in [0.717, 1.165) is 42.2 Å². The molecule has 6 nitrogen and oxygen atoms in total. The molecule has 0 bridgehead atoms. The molecule has 0 amide bonds. The highest BCUT2D eigenvalue weighted by Crippen LogP contribution is 2.44. The second-order valence-electron chi connectivity index (χ2n) is 8.92. The van der Waals surface area contributed by atoms with Crippen molar-refractivity contribution in [3.8, 4) is 0 Å². The van der Waals surface area contributed by atoms with Crippen LogP contribution < -0.4 is 4.90 Å². The number of rotatable bonds is 4. The summed E-state index contributed by atoms with van der Waals surface area (Å²) in [6.45, 7) is 1.94. The van der Waals surface area contributed by atoms with E-state index in [9.17, 15) is 12.8 Å². The van der Waals surface area contributed by atoms with E-state index in [-0.39, 0.29) is 4.90 Å². The lowest BCUT2D eigenvalue weighted by atomic mass is 9.97. The van der Waals surface area contributed by atoms with Gasteiger partial charge in [-0.1, -0.05) is 0 Å². The van der Waals surface area contributed by atoms with Gasteiger partial charge in [-0.3, -0.25) is 0 Å². The molecule has 1 saturated heterocycles. The highest BCUT2D eigenvalue weighted by atomic mass is 32.2. The Hall–Kier alpha value is -2.10. The van der Waals surface area contributed by atoms with Gasteiger partial charge in [0.05, 0.1) is 10.3 Å². The predicted octanol–water partition coefficient (Wildman–Crippen LogP) is 4.10. The van der Waals surface area contributed by atoms with Crippen molar-refractivity contribution in [2.75, 3.05) is 31.1 Å². The van der Waals surface area contributed by atoms with Crippen molar-refractivity contribution in [1.29, 1.82) is 0 Å². The van der Waals surface area contributed by atoms with Crippen LogP contribution in [0.25, 0.3) is 10.2 Å². The molecule has 3 aliphatic rings. The Labute approximate surface area is 191 Å². The molecular formula is C23H25FN4O2S2. The van der Waals surface area contributed by atoms with Crippen molar-refractivity contribution in [3.05, 3.63) is 46.3 Å². The van der Waals surface area contributed by atoms with Crippen LogP contribution in [0.4, 0.5) is 10.2 Å². The van der Waals surface area contributed by atoms with Gasteiger partial charge < -0.3 is 4.90 Å². The summed E-state index contributed by atoms with van der Waals surface area (Å²) in [4.78, 5) is 14.9. The molecule has 1 saturated carbocycles. The number of aryl methyl sites for hydroxylation is 2. The average Bonchev–Trinajstić information content (AvgIpc) is 3.59. The molecule has 9 heteroatoms. The quantitative estimate of drug-likeness (QED) is 0.572. The number of aromatic nitrogens is 2. The number of fused-ring (bicyclic) bond motifs is 3. The van der Waals surface area contributed by atoms with Crippen LogP contribution in [0.1, 0.15) is 47.9 Å². The van der Waals surface area contributed by atoms with E-state index in [2.05, 4.69) is 4.90 Å². The van der Waals surface area contributed by atoms with Crippen molar-refractivity contribution >= 4 is 37.4 Å². The number of thiophene rings is 1. The SMILES string of the molecule is O=S(=O)(c1ccc(F)cc1)N1CCN(c2nc(C3CC3)nc3sc4c(c23)CCCC4)CC1. The van der Waals surface area contributed by atoms with E-state index in [1.807, 2.05) is 11.3 Å². The van der Waals surface area contributed by atoms with Crippen molar-refractivity contribution in [2.45, 2.75) is 49.3 Å². The molecule has 0 N–H and O–H groups in total. The maximum atomic E-state index is 13.2. The van der Waals surface area contributed by atoms with Crippen LogP contribution in [0.5, 0.6) is 0 Å². The monoisotopic (exact) mass is 472 g/mol. The molecule has 1 aliphatic heterocycles. The summed E-state index contributed by atoms with van der Waals surface area (Å²) in [5.74, 6) is 1.98. The van der Waals surface area contributed by atoms with Crippen LogP contribution in [-0.4, -0.2) is 48.9 Å². The molecule has 2 fully saturated rings. The van der Waals surface area contributed by atoms with E-state index in [1.54, 1.807) is 0 Å². The minimum atomic E-state index is -3.63. The fourth-order valence-corrected chi connectivity index (χ4v) is 7.49. The lowest BCUT2D eigenvalue weighted by molar-refractivity contribution is 0.384. The van der Waals surface area contributed by atoms with E-state index in [4.69, 9.17) is 9.97 Å². The van der Waals surface area contributed by atoms with Crippen LogP contribution in [0, 0.1) is 5.82 Å². The molecule has 3 heterocycles. The molecule has 0 atom stereocenters. The smallest absolute Gasteiger partial charge is 0.243 e. The minimum absolute atomic E-state index is 0.139. The molecule has 0 unspecified atom stereocenters. The van der Waals surface area contributed by atoms with Gasteiger partial charge in [0.15, 0.2) is 0 Å². The molecule has 0 spiro atoms. The number of sulfonamides is 1. The number of hydrogen-bond acceptors (Lipinski definition) is 6. The lowest BCUT2D eigenvalue weighted by Gasteiger charge is -2.35. The van der Waals surface area contributed by atoms with Crippen LogP contribution in [-0.2, 0) is 22.9 Å². The molecule has 0 radical (unpaired) electrons. The first-order chi connectivity index (χ1) is 15.5. The third-order valence-electron chi connectivity index (χ3n) is 6.74. The Bertz CT molecular complexity index is 1280. The van der Waals surface area contributed by atoms with Crippen LogP contribution in [0.15, 0.2) is 29.2 Å². The van der Waals surface area contributed by atoms with Gasteiger partial charge in [0, 0.05) is 37.0 Å². The maximum absolute atomic E-state index is 13.2. The molecule has 32 heavy (non-hydrogen) atoms. The van der Waals surface area contributed by atoms with Gasteiger partial charge in [0.1, 0.15) is 22.3 Å². The second kappa shape index (κ2) is 7.74. The molecular weight excluding hydrogens is 447 g/mol.